The molecule has 0 atom stereocenters. The average Bonchev–Trinajstić information content (AvgIpc) is 2.34. The lowest BCUT2D eigenvalue weighted by Gasteiger charge is -2.06. The molecule has 1 aromatic rings. The van der Waals surface area contributed by atoms with Crippen molar-refractivity contribution in [3.05, 3.63) is 23.9 Å². The van der Waals surface area contributed by atoms with Crippen molar-refractivity contribution in [3.8, 4) is 11.8 Å². The lowest BCUT2D eigenvalue weighted by Crippen LogP contribution is -2.17. The number of hydrogen-bond donors (Lipinski definition) is 2. The van der Waals surface area contributed by atoms with Gasteiger partial charge in [-0.2, -0.15) is 0 Å². The van der Waals surface area contributed by atoms with Gasteiger partial charge < -0.3 is 5.73 Å². The van der Waals surface area contributed by atoms with Crippen molar-refractivity contribution in [1.82, 2.24) is 4.98 Å². The SMILES string of the molecule is CCCCS(=O)(=O)Nc1cc(C#CCN)ccn1. The number of nitrogens with zero attached hydrogens (tertiary/aromatic N) is 1. The van der Waals surface area contributed by atoms with Gasteiger partial charge in [-0.15, -0.1) is 0 Å². The van der Waals surface area contributed by atoms with Crippen molar-refractivity contribution in [2.24, 2.45) is 5.73 Å². The van der Waals surface area contributed by atoms with Crippen LogP contribution in [-0.4, -0.2) is 25.7 Å². The highest BCUT2D eigenvalue weighted by molar-refractivity contribution is 7.92. The van der Waals surface area contributed by atoms with Crippen LogP contribution in [0.3, 0.4) is 0 Å². The lowest BCUT2D eigenvalue weighted by molar-refractivity contribution is 0.597. The molecule has 98 valence electrons. The highest BCUT2D eigenvalue weighted by Gasteiger charge is 2.10. The van der Waals surface area contributed by atoms with Crippen LogP contribution < -0.4 is 10.5 Å². The Bertz CT molecular complexity index is 544. The molecular formula is C12H17N3O2S. The van der Waals surface area contributed by atoms with Gasteiger partial charge in [-0.05, 0) is 18.6 Å². The molecule has 18 heavy (non-hydrogen) atoms. The van der Waals surface area contributed by atoms with Gasteiger partial charge in [0, 0.05) is 11.8 Å². The molecule has 1 aromatic heterocycles. The fourth-order valence-electron chi connectivity index (χ4n) is 1.26. The Kier molecular flexibility index (Phi) is 5.62. The van der Waals surface area contributed by atoms with Crippen LogP contribution in [-0.2, 0) is 10.0 Å². The first-order chi connectivity index (χ1) is 8.57. The van der Waals surface area contributed by atoms with E-state index in [1.54, 1.807) is 12.1 Å². The van der Waals surface area contributed by atoms with Gasteiger partial charge in [0.15, 0.2) is 0 Å². The Labute approximate surface area is 108 Å². The number of anilines is 1. The van der Waals surface area contributed by atoms with Crippen LogP contribution in [0.5, 0.6) is 0 Å². The summed E-state index contributed by atoms with van der Waals surface area (Å²) in [7, 11) is -3.32. The van der Waals surface area contributed by atoms with E-state index in [-0.39, 0.29) is 18.1 Å². The minimum absolute atomic E-state index is 0.101. The summed E-state index contributed by atoms with van der Waals surface area (Å²) in [6.45, 7) is 2.21. The summed E-state index contributed by atoms with van der Waals surface area (Å²) in [6, 6.07) is 3.29. The standard InChI is InChI=1S/C12H17N3O2S/c1-2-3-9-18(16,17)15-12-10-11(5-4-7-13)6-8-14-12/h6,8,10H,2-3,7,9,13H2,1H3,(H,14,15). The van der Waals surface area contributed by atoms with Gasteiger partial charge in [0.2, 0.25) is 10.0 Å². The van der Waals surface area contributed by atoms with Gasteiger partial charge in [-0.3, -0.25) is 4.72 Å². The highest BCUT2D eigenvalue weighted by Crippen LogP contribution is 2.08. The van der Waals surface area contributed by atoms with Crippen molar-refractivity contribution in [2.45, 2.75) is 19.8 Å². The van der Waals surface area contributed by atoms with Gasteiger partial charge in [0.25, 0.3) is 0 Å². The second-order valence-electron chi connectivity index (χ2n) is 3.71. The predicted molar refractivity (Wildman–Crippen MR) is 72.5 cm³/mol. The zero-order valence-electron chi connectivity index (χ0n) is 10.3. The number of nitrogens with two attached hydrogens (primary N) is 1. The molecule has 0 unspecified atom stereocenters. The molecule has 3 N–H and O–H groups in total. The molecule has 5 nitrogen and oxygen atoms in total. The molecule has 1 heterocycles. The smallest absolute Gasteiger partial charge is 0.233 e. The van der Waals surface area contributed by atoms with Crippen LogP contribution in [0.15, 0.2) is 18.3 Å². The number of sulfonamides is 1. The fourth-order valence-corrected chi connectivity index (χ4v) is 2.46. The van der Waals surface area contributed by atoms with Crippen molar-refractivity contribution in [3.63, 3.8) is 0 Å². The fraction of sp³-hybridized carbons (Fsp3) is 0.417. The number of aromatic nitrogens is 1. The zero-order chi connectivity index (χ0) is 13.4. The van der Waals surface area contributed by atoms with Crippen LogP contribution in [0, 0.1) is 11.8 Å². The van der Waals surface area contributed by atoms with Crippen LogP contribution >= 0.6 is 0 Å². The van der Waals surface area contributed by atoms with Gasteiger partial charge in [0.05, 0.1) is 12.3 Å². The summed E-state index contributed by atoms with van der Waals surface area (Å²) in [5, 5.41) is 0. The van der Waals surface area contributed by atoms with Gasteiger partial charge in [-0.1, -0.05) is 25.2 Å². The van der Waals surface area contributed by atoms with E-state index in [0.717, 1.165) is 6.42 Å². The van der Waals surface area contributed by atoms with Crippen molar-refractivity contribution >= 4 is 15.8 Å². The average molecular weight is 267 g/mol. The molecule has 0 aliphatic rings. The van der Waals surface area contributed by atoms with E-state index < -0.39 is 10.0 Å². The summed E-state index contributed by atoms with van der Waals surface area (Å²) >= 11 is 0. The predicted octanol–water partition coefficient (Wildman–Crippen LogP) is 0.934. The van der Waals surface area contributed by atoms with Crippen molar-refractivity contribution in [2.75, 3.05) is 17.0 Å². The van der Waals surface area contributed by atoms with E-state index in [1.807, 2.05) is 6.92 Å². The molecule has 0 aromatic carbocycles. The van der Waals surface area contributed by atoms with Crippen molar-refractivity contribution in [1.29, 1.82) is 0 Å². The van der Waals surface area contributed by atoms with E-state index in [0.29, 0.717) is 12.0 Å². The van der Waals surface area contributed by atoms with E-state index in [9.17, 15) is 8.42 Å². The van der Waals surface area contributed by atoms with E-state index >= 15 is 0 Å². The van der Waals surface area contributed by atoms with Crippen LogP contribution in [0.25, 0.3) is 0 Å². The van der Waals surface area contributed by atoms with Crippen LogP contribution in [0.1, 0.15) is 25.3 Å². The zero-order valence-corrected chi connectivity index (χ0v) is 11.1. The Hall–Kier alpha value is -1.58. The van der Waals surface area contributed by atoms with Gasteiger partial charge in [-0.25, -0.2) is 13.4 Å². The molecule has 0 amide bonds. The quantitative estimate of drug-likeness (QED) is 0.777. The normalized spacial score (nSPS) is 10.6. The van der Waals surface area contributed by atoms with Crippen LogP contribution in [0.2, 0.25) is 0 Å². The maximum absolute atomic E-state index is 11.7. The number of pyridine rings is 1. The summed E-state index contributed by atoms with van der Waals surface area (Å²) in [5.41, 5.74) is 5.95. The number of hydrogen-bond acceptors (Lipinski definition) is 4. The summed E-state index contributed by atoms with van der Waals surface area (Å²) in [6.07, 6.45) is 2.97. The Morgan fingerprint density at radius 2 is 2.28 bits per heavy atom. The second-order valence-corrected chi connectivity index (χ2v) is 5.55. The first-order valence-corrected chi connectivity index (χ1v) is 7.38. The topological polar surface area (TPSA) is 85.1 Å². The van der Waals surface area contributed by atoms with E-state index in [2.05, 4.69) is 21.5 Å². The lowest BCUT2D eigenvalue weighted by atomic mass is 10.2. The molecule has 0 saturated heterocycles. The van der Waals surface area contributed by atoms with Gasteiger partial charge >= 0.3 is 0 Å². The van der Waals surface area contributed by atoms with E-state index in [1.165, 1.54) is 6.20 Å². The molecular weight excluding hydrogens is 250 g/mol. The third-order valence-corrected chi connectivity index (χ3v) is 3.47. The summed E-state index contributed by atoms with van der Waals surface area (Å²) < 4.78 is 25.8. The Morgan fingerprint density at radius 3 is 2.94 bits per heavy atom. The molecule has 6 heteroatoms. The second kappa shape index (κ2) is 6.99. The molecule has 1 rings (SSSR count). The Balaban J connectivity index is 2.79. The number of unbranched alkanes of at least 4 members (excludes halogenated alkanes) is 1. The van der Waals surface area contributed by atoms with Gasteiger partial charge in [0.1, 0.15) is 5.82 Å². The maximum atomic E-state index is 11.7. The van der Waals surface area contributed by atoms with Crippen LogP contribution in [0.4, 0.5) is 5.82 Å². The highest BCUT2D eigenvalue weighted by atomic mass is 32.2. The summed E-state index contributed by atoms with van der Waals surface area (Å²) in [5.74, 6) is 5.91. The van der Waals surface area contributed by atoms with Crippen molar-refractivity contribution < 1.29 is 8.42 Å². The maximum Gasteiger partial charge on any atom is 0.233 e. The molecule has 0 spiro atoms. The van der Waals surface area contributed by atoms with E-state index in [4.69, 9.17) is 5.73 Å². The minimum Gasteiger partial charge on any atom is -0.320 e. The number of nitrogens with one attached hydrogen (secondary N) is 1. The molecule has 0 saturated carbocycles. The Morgan fingerprint density at radius 1 is 1.50 bits per heavy atom. The monoisotopic (exact) mass is 267 g/mol. The first kappa shape index (κ1) is 14.5. The summed E-state index contributed by atoms with van der Waals surface area (Å²) in [4.78, 5) is 3.95. The molecule has 0 radical (unpaired) electrons. The minimum atomic E-state index is -3.32. The number of rotatable bonds is 5. The third-order valence-electron chi connectivity index (χ3n) is 2.12. The molecule has 0 fully saturated rings. The third kappa shape index (κ3) is 5.17. The largest absolute Gasteiger partial charge is 0.320 e. The first-order valence-electron chi connectivity index (χ1n) is 5.73. The molecule has 0 aliphatic heterocycles. The molecule has 0 bridgehead atoms. The molecule has 0 aliphatic carbocycles.